The second-order valence-corrected chi connectivity index (χ2v) is 9.17. The van der Waals surface area contributed by atoms with Crippen LogP contribution in [0.15, 0.2) is 41.8 Å². The van der Waals surface area contributed by atoms with Crippen molar-refractivity contribution in [3.8, 4) is 0 Å². The lowest BCUT2D eigenvalue weighted by atomic mass is 10.2. The van der Waals surface area contributed by atoms with E-state index < -0.39 is 0 Å². The van der Waals surface area contributed by atoms with Crippen LogP contribution >= 0.6 is 23.1 Å². The highest BCUT2D eigenvalue weighted by molar-refractivity contribution is 8.00. The van der Waals surface area contributed by atoms with Gasteiger partial charge in [0, 0.05) is 42.6 Å². The van der Waals surface area contributed by atoms with Crippen LogP contribution in [-0.4, -0.2) is 57.2 Å². The van der Waals surface area contributed by atoms with Crippen molar-refractivity contribution < 1.29 is 4.79 Å². The van der Waals surface area contributed by atoms with Gasteiger partial charge in [0.15, 0.2) is 0 Å². The van der Waals surface area contributed by atoms with Crippen molar-refractivity contribution in [1.29, 1.82) is 0 Å². The molecule has 8 heteroatoms. The van der Waals surface area contributed by atoms with Gasteiger partial charge in [0.05, 0.1) is 5.25 Å². The molecule has 1 amide bonds. The van der Waals surface area contributed by atoms with Crippen LogP contribution < -0.4 is 4.90 Å². The van der Waals surface area contributed by atoms with E-state index in [2.05, 4.69) is 32.8 Å². The first-order chi connectivity index (χ1) is 13.7. The zero-order chi connectivity index (χ0) is 19.5. The Hall–Kier alpha value is -2.19. The van der Waals surface area contributed by atoms with Gasteiger partial charge in [-0.3, -0.25) is 4.79 Å². The molecular formula is C20H23N5OS2. The highest BCUT2D eigenvalue weighted by atomic mass is 32.2. The summed E-state index contributed by atoms with van der Waals surface area (Å²) in [5.74, 6) is 1.15. The number of carbonyl (C=O) groups excluding carboxylic acids is 1. The maximum atomic E-state index is 13.0. The van der Waals surface area contributed by atoms with Crippen LogP contribution in [0.1, 0.15) is 18.7 Å². The Kier molecular flexibility index (Phi) is 5.77. The number of hydrogen-bond donors (Lipinski definition) is 0. The molecule has 1 atom stereocenters. The quantitative estimate of drug-likeness (QED) is 0.471. The normalized spacial score (nSPS) is 15.8. The summed E-state index contributed by atoms with van der Waals surface area (Å²) in [6.45, 7) is 7.17. The van der Waals surface area contributed by atoms with Crippen LogP contribution in [-0.2, 0) is 11.2 Å². The summed E-state index contributed by atoms with van der Waals surface area (Å²) in [6, 6.07) is 8.09. The van der Waals surface area contributed by atoms with E-state index in [1.165, 1.54) is 16.6 Å². The van der Waals surface area contributed by atoms with Crippen molar-refractivity contribution in [2.24, 2.45) is 0 Å². The SMILES string of the molecule is CCc1cc2c(SC(C)C(=O)N3CCN(c4ccccn4)CC3)ncnc2s1. The van der Waals surface area contributed by atoms with Gasteiger partial charge in [-0.25, -0.2) is 15.0 Å². The Morgan fingerprint density at radius 3 is 2.75 bits per heavy atom. The van der Waals surface area contributed by atoms with Gasteiger partial charge in [-0.05, 0) is 31.5 Å². The van der Waals surface area contributed by atoms with Crippen LogP contribution in [0.4, 0.5) is 5.82 Å². The average Bonchev–Trinajstić information content (AvgIpc) is 3.18. The smallest absolute Gasteiger partial charge is 0.235 e. The molecule has 0 radical (unpaired) electrons. The molecule has 146 valence electrons. The number of thioether (sulfide) groups is 1. The molecule has 0 N–H and O–H groups in total. The summed E-state index contributed by atoms with van der Waals surface area (Å²) < 4.78 is 0. The molecule has 1 unspecified atom stereocenters. The monoisotopic (exact) mass is 413 g/mol. The first kappa shape index (κ1) is 19.1. The molecular weight excluding hydrogens is 390 g/mol. The van der Waals surface area contributed by atoms with Gasteiger partial charge in [-0.2, -0.15) is 0 Å². The Bertz CT molecular complexity index is 954. The molecule has 1 aliphatic rings. The van der Waals surface area contributed by atoms with E-state index in [0.717, 1.165) is 53.7 Å². The number of piperazine rings is 1. The molecule has 0 spiro atoms. The maximum absolute atomic E-state index is 13.0. The van der Waals surface area contributed by atoms with Gasteiger partial charge >= 0.3 is 0 Å². The first-order valence-corrected chi connectivity index (χ1v) is 11.2. The van der Waals surface area contributed by atoms with E-state index in [4.69, 9.17) is 0 Å². The number of amides is 1. The van der Waals surface area contributed by atoms with Crippen molar-refractivity contribution in [2.75, 3.05) is 31.1 Å². The number of rotatable bonds is 5. The summed E-state index contributed by atoms with van der Waals surface area (Å²) in [4.78, 5) is 32.7. The molecule has 1 fully saturated rings. The van der Waals surface area contributed by atoms with Crippen LogP contribution in [0, 0.1) is 0 Å². The highest BCUT2D eigenvalue weighted by Gasteiger charge is 2.26. The third-order valence-corrected chi connectivity index (χ3v) is 7.18. The number of fused-ring (bicyclic) bond motifs is 1. The van der Waals surface area contributed by atoms with Crippen molar-refractivity contribution in [2.45, 2.75) is 30.5 Å². The molecule has 0 aromatic carbocycles. The lowest BCUT2D eigenvalue weighted by Gasteiger charge is -2.36. The van der Waals surface area contributed by atoms with E-state index in [9.17, 15) is 4.79 Å². The van der Waals surface area contributed by atoms with Gasteiger partial charge in [-0.1, -0.05) is 24.8 Å². The van der Waals surface area contributed by atoms with Crippen molar-refractivity contribution in [3.63, 3.8) is 0 Å². The van der Waals surface area contributed by atoms with E-state index in [-0.39, 0.29) is 11.2 Å². The molecule has 4 rings (SSSR count). The van der Waals surface area contributed by atoms with E-state index in [1.807, 2.05) is 36.2 Å². The Morgan fingerprint density at radius 2 is 2.04 bits per heavy atom. The molecule has 0 aliphatic carbocycles. The maximum Gasteiger partial charge on any atom is 0.235 e. The highest BCUT2D eigenvalue weighted by Crippen LogP contribution is 2.33. The van der Waals surface area contributed by atoms with Gasteiger partial charge < -0.3 is 9.80 Å². The topological polar surface area (TPSA) is 62.2 Å². The second-order valence-electron chi connectivity index (χ2n) is 6.72. The molecule has 28 heavy (non-hydrogen) atoms. The number of aromatic nitrogens is 3. The number of carbonyl (C=O) groups is 1. The fourth-order valence-electron chi connectivity index (χ4n) is 3.32. The largest absolute Gasteiger partial charge is 0.353 e. The van der Waals surface area contributed by atoms with Crippen LogP contribution in [0.2, 0.25) is 0 Å². The summed E-state index contributed by atoms with van der Waals surface area (Å²) in [5, 5.41) is 1.78. The number of anilines is 1. The predicted octanol–water partition coefficient (Wildman–Crippen LogP) is 3.48. The zero-order valence-electron chi connectivity index (χ0n) is 16.0. The molecule has 6 nitrogen and oxygen atoms in total. The number of pyridine rings is 1. The number of aryl methyl sites for hydroxylation is 1. The lowest BCUT2D eigenvalue weighted by molar-refractivity contribution is -0.130. The molecule has 1 aliphatic heterocycles. The second kappa shape index (κ2) is 8.45. The summed E-state index contributed by atoms with van der Waals surface area (Å²) in [6.07, 6.45) is 4.39. The van der Waals surface area contributed by atoms with Gasteiger partial charge in [0.1, 0.15) is 22.0 Å². The van der Waals surface area contributed by atoms with Crippen molar-refractivity contribution in [3.05, 3.63) is 41.7 Å². The zero-order valence-corrected chi connectivity index (χ0v) is 17.7. The Morgan fingerprint density at radius 1 is 1.21 bits per heavy atom. The summed E-state index contributed by atoms with van der Waals surface area (Å²) in [5.41, 5.74) is 0. The van der Waals surface area contributed by atoms with Gasteiger partial charge in [-0.15, -0.1) is 11.3 Å². The predicted molar refractivity (Wildman–Crippen MR) is 115 cm³/mol. The van der Waals surface area contributed by atoms with Crippen LogP contribution in [0.3, 0.4) is 0 Å². The third-order valence-electron chi connectivity index (χ3n) is 4.89. The number of thiophene rings is 1. The molecule has 0 bridgehead atoms. The molecule has 0 saturated carbocycles. The molecule has 4 heterocycles. The fourth-order valence-corrected chi connectivity index (χ4v) is 5.30. The molecule has 3 aromatic rings. The van der Waals surface area contributed by atoms with Gasteiger partial charge in [0.25, 0.3) is 0 Å². The molecule has 3 aromatic heterocycles. The third kappa shape index (κ3) is 3.98. The lowest BCUT2D eigenvalue weighted by Crippen LogP contribution is -2.50. The standard InChI is InChI=1S/C20H23N5OS2/c1-3-15-12-16-18(22-13-23-19(16)28-15)27-14(2)20(26)25-10-8-24(9-11-25)17-6-4-5-7-21-17/h4-7,12-14H,3,8-11H2,1-2H3. The Labute approximate surface area is 173 Å². The minimum atomic E-state index is -0.176. The van der Waals surface area contributed by atoms with E-state index in [1.54, 1.807) is 17.7 Å². The fraction of sp³-hybridized carbons (Fsp3) is 0.400. The minimum Gasteiger partial charge on any atom is -0.353 e. The van der Waals surface area contributed by atoms with E-state index in [0.29, 0.717) is 0 Å². The minimum absolute atomic E-state index is 0.170. The number of hydrogen-bond acceptors (Lipinski definition) is 7. The van der Waals surface area contributed by atoms with Gasteiger partial charge in [0.2, 0.25) is 5.91 Å². The Balaban J connectivity index is 1.40. The average molecular weight is 414 g/mol. The van der Waals surface area contributed by atoms with Crippen LogP contribution in [0.25, 0.3) is 10.2 Å². The molecule has 1 saturated heterocycles. The van der Waals surface area contributed by atoms with Crippen molar-refractivity contribution >= 4 is 45.0 Å². The van der Waals surface area contributed by atoms with Crippen molar-refractivity contribution in [1.82, 2.24) is 19.9 Å². The summed E-state index contributed by atoms with van der Waals surface area (Å²) in [7, 11) is 0. The summed E-state index contributed by atoms with van der Waals surface area (Å²) >= 11 is 3.24. The van der Waals surface area contributed by atoms with E-state index >= 15 is 0 Å². The van der Waals surface area contributed by atoms with Crippen LogP contribution in [0.5, 0.6) is 0 Å². The first-order valence-electron chi connectivity index (χ1n) is 9.50. The number of nitrogens with zero attached hydrogens (tertiary/aromatic N) is 5.